The monoisotopic (exact) mass is 774 g/mol. The molecule has 2 aliphatic heterocycles. The zero-order valence-electron chi connectivity index (χ0n) is 29.3. The third-order valence-electron chi connectivity index (χ3n) is 10.8. The Morgan fingerprint density at radius 2 is 1.31 bits per heavy atom. The van der Waals surface area contributed by atoms with Gasteiger partial charge in [0.05, 0.1) is 5.92 Å². The lowest BCUT2D eigenvalue weighted by atomic mass is 9.68. The van der Waals surface area contributed by atoms with Crippen molar-refractivity contribution in [2.75, 3.05) is 10.6 Å². The Morgan fingerprint density at radius 3 is 1.96 bits per heavy atom. The summed E-state index contributed by atoms with van der Waals surface area (Å²) in [5.74, 6) is -8.60. The number of hydrogen-bond acceptors (Lipinski definition) is 6. The number of Topliss-reactive ketones (excluding diaryl/α,β-unsaturated/α-hetero) is 2. The van der Waals surface area contributed by atoms with E-state index in [1.807, 2.05) is 5.10 Å². The Morgan fingerprint density at radius 1 is 0.709 bits per heavy atom. The molecule has 0 radical (unpaired) electrons. The van der Waals surface area contributed by atoms with Gasteiger partial charge < -0.3 is 10.6 Å². The van der Waals surface area contributed by atoms with Gasteiger partial charge in [-0.25, -0.2) is 13.2 Å². The lowest BCUT2D eigenvalue weighted by Crippen LogP contribution is -2.39. The average Bonchev–Trinajstić information content (AvgIpc) is 3.64. The maximum Gasteiger partial charge on any atom is 0.433 e. The van der Waals surface area contributed by atoms with Crippen LogP contribution in [0.4, 0.5) is 51.1 Å². The lowest BCUT2D eigenvalue weighted by molar-refractivity contribution is -0.146. The highest BCUT2D eigenvalue weighted by Crippen LogP contribution is 2.55. The zero-order valence-corrected chi connectivity index (χ0v) is 29.3. The molecule has 8 rings (SSSR count). The Hall–Kier alpha value is -5.35. The van der Waals surface area contributed by atoms with Gasteiger partial charge in [0, 0.05) is 70.1 Å². The molecule has 2 aromatic carbocycles. The number of nitrogens with zero attached hydrogens (tertiary/aromatic N) is 3. The van der Waals surface area contributed by atoms with E-state index < -0.39 is 105 Å². The van der Waals surface area contributed by atoms with Crippen molar-refractivity contribution in [3.8, 4) is 0 Å². The average molecular weight is 775 g/mol. The number of ketones is 2. The quantitative estimate of drug-likeness (QED) is 0.179. The first-order chi connectivity index (χ1) is 25.7. The number of allylic oxidation sites excluding steroid dienone is 4. The SMILES string of the molecule is CC1(C)CC(=O)C2=C(C1)Nc1nn(CC3(C)CC(=O)C4=C(C3)Nc3n[nH]c(C(F)(F)F)c3C4c3ccccc3F)c(C(F)(F)F)c1C2c1c(F)cccc1F. The van der Waals surface area contributed by atoms with E-state index in [1.165, 1.54) is 25.1 Å². The molecule has 3 atom stereocenters. The number of fused-ring (bicyclic) bond motifs is 2. The number of H-pyrrole nitrogens is 1. The molecule has 0 amide bonds. The molecule has 3 N–H and O–H groups in total. The van der Waals surface area contributed by atoms with Crippen LogP contribution < -0.4 is 10.6 Å². The first-order valence-corrected chi connectivity index (χ1v) is 17.3. The van der Waals surface area contributed by atoms with E-state index in [-0.39, 0.29) is 59.0 Å². The number of carbonyl (C=O) groups excluding carboxylic acids is 2. The number of halogens is 9. The molecule has 0 bridgehead atoms. The molecule has 4 aliphatic rings. The van der Waals surface area contributed by atoms with Crippen molar-refractivity contribution in [2.45, 2.75) is 77.2 Å². The van der Waals surface area contributed by atoms with E-state index in [9.17, 15) is 22.8 Å². The molecule has 17 heteroatoms. The van der Waals surface area contributed by atoms with Gasteiger partial charge in [-0.1, -0.05) is 45.0 Å². The van der Waals surface area contributed by atoms with Crippen molar-refractivity contribution >= 4 is 23.2 Å². The van der Waals surface area contributed by atoms with Crippen LogP contribution in [0.3, 0.4) is 0 Å². The van der Waals surface area contributed by atoms with Gasteiger partial charge >= 0.3 is 12.4 Å². The Kier molecular flexibility index (Phi) is 8.04. The maximum absolute atomic E-state index is 15.5. The van der Waals surface area contributed by atoms with Crippen LogP contribution in [0.15, 0.2) is 65.0 Å². The van der Waals surface area contributed by atoms with Crippen LogP contribution in [0.2, 0.25) is 0 Å². The number of benzene rings is 2. The largest absolute Gasteiger partial charge is 0.433 e. The Bertz CT molecular complexity index is 2360. The standard InChI is InChI=1S/C38H31F9N6O2/c1-35(2)11-20-27(22(54)13-35)28(25-18(40)9-6-10-19(25)41)30-32(38(45,46)47)53(52-34(30)49-20)15-36(3)12-21-26(23(55)14-36)24(16-7-4-5-8-17(16)39)29-31(37(42,43)44)50-51-33(29)48-21/h4-10,24,28H,11-15H2,1-3H3,(H,49,52)(H2,48,50,51). The summed E-state index contributed by atoms with van der Waals surface area (Å²) in [6, 6.07) is 7.86. The molecule has 8 nitrogen and oxygen atoms in total. The molecule has 0 saturated heterocycles. The second-order valence-electron chi connectivity index (χ2n) is 15.7. The number of aromatic nitrogens is 4. The minimum Gasteiger partial charge on any atom is -0.342 e. The minimum atomic E-state index is -5.20. The van der Waals surface area contributed by atoms with Crippen molar-refractivity contribution in [3.63, 3.8) is 0 Å². The molecule has 2 aliphatic carbocycles. The van der Waals surface area contributed by atoms with Gasteiger partial charge in [0.15, 0.2) is 23.2 Å². The molecular weight excluding hydrogens is 743 g/mol. The smallest absolute Gasteiger partial charge is 0.342 e. The first-order valence-electron chi connectivity index (χ1n) is 17.3. The van der Waals surface area contributed by atoms with Crippen LogP contribution in [0.1, 0.15) is 91.9 Å². The van der Waals surface area contributed by atoms with Crippen molar-refractivity contribution < 1.29 is 49.1 Å². The van der Waals surface area contributed by atoms with E-state index in [0.717, 1.165) is 24.3 Å². The summed E-state index contributed by atoms with van der Waals surface area (Å²) >= 11 is 0. The fraction of sp³-hybridized carbons (Fsp3) is 0.368. The van der Waals surface area contributed by atoms with Gasteiger partial charge in [-0.2, -0.15) is 36.5 Å². The predicted molar refractivity (Wildman–Crippen MR) is 179 cm³/mol. The Labute approximate surface area is 306 Å². The third-order valence-corrected chi connectivity index (χ3v) is 10.8. The van der Waals surface area contributed by atoms with Crippen LogP contribution in [0.5, 0.6) is 0 Å². The zero-order chi connectivity index (χ0) is 39.6. The molecule has 4 aromatic rings. The second-order valence-corrected chi connectivity index (χ2v) is 15.7. The van der Waals surface area contributed by atoms with Crippen LogP contribution in [0, 0.1) is 28.3 Å². The molecule has 0 saturated carbocycles. The van der Waals surface area contributed by atoms with E-state index >= 15 is 26.3 Å². The number of rotatable bonds is 4. The normalized spacial score (nSPS) is 23.5. The molecule has 2 aromatic heterocycles. The highest BCUT2D eigenvalue weighted by atomic mass is 19.4. The van der Waals surface area contributed by atoms with E-state index in [1.54, 1.807) is 13.8 Å². The summed E-state index contributed by atoms with van der Waals surface area (Å²) < 4.78 is 136. The van der Waals surface area contributed by atoms with Crippen LogP contribution in [0.25, 0.3) is 0 Å². The van der Waals surface area contributed by atoms with Gasteiger partial charge in [0.1, 0.15) is 28.8 Å². The fourth-order valence-electron chi connectivity index (χ4n) is 8.80. The van der Waals surface area contributed by atoms with Crippen LogP contribution in [-0.2, 0) is 28.5 Å². The van der Waals surface area contributed by atoms with E-state index in [0.29, 0.717) is 4.68 Å². The fourth-order valence-corrected chi connectivity index (χ4v) is 8.80. The highest BCUT2D eigenvalue weighted by Gasteiger charge is 2.52. The summed E-state index contributed by atoms with van der Waals surface area (Å²) in [5.41, 5.74) is -7.03. The third kappa shape index (κ3) is 5.93. The molecule has 3 unspecified atom stereocenters. The first kappa shape index (κ1) is 36.6. The van der Waals surface area contributed by atoms with Crippen LogP contribution in [-0.4, -0.2) is 31.5 Å². The predicted octanol–water partition coefficient (Wildman–Crippen LogP) is 9.14. The van der Waals surface area contributed by atoms with Gasteiger partial charge in [-0.15, -0.1) is 0 Å². The number of carbonyl (C=O) groups is 2. The molecule has 0 fully saturated rings. The van der Waals surface area contributed by atoms with E-state index in [2.05, 4.69) is 20.8 Å². The number of hydrogen-bond donors (Lipinski definition) is 3. The molecule has 0 spiro atoms. The molecule has 4 heterocycles. The maximum atomic E-state index is 15.5. The van der Waals surface area contributed by atoms with E-state index in [4.69, 9.17) is 0 Å². The summed E-state index contributed by atoms with van der Waals surface area (Å²) in [7, 11) is 0. The van der Waals surface area contributed by atoms with Crippen molar-refractivity contribution in [1.29, 1.82) is 0 Å². The van der Waals surface area contributed by atoms with Gasteiger partial charge in [0.25, 0.3) is 0 Å². The topological polar surface area (TPSA) is 105 Å². The number of anilines is 2. The summed E-state index contributed by atoms with van der Waals surface area (Å²) in [6.45, 7) is 4.44. The Balaban J connectivity index is 1.26. The minimum absolute atomic E-state index is 0.0413. The lowest BCUT2D eigenvalue weighted by Gasteiger charge is -2.40. The summed E-state index contributed by atoms with van der Waals surface area (Å²) in [5, 5.41) is 15.6. The molecule has 55 heavy (non-hydrogen) atoms. The summed E-state index contributed by atoms with van der Waals surface area (Å²) in [6.07, 6.45) is -10.8. The van der Waals surface area contributed by atoms with Gasteiger partial charge in [-0.05, 0) is 41.9 Å². The number of alkyl halides is 6. The van der Waals surface area contributed by atoms with Crippen molar-refractivity contribution in [1.82, 2.24) is 20.0 Å². The highest BCUT2D eigenvalue weighted by molar-refractivity contribution is 6.02. The number of aromatic amines is 1. The summed E-state index contributed by atoms with van der Waals surface area (Å²) in [4.78, 5) is 27.8. The van der Waals surface area contributed by atoms with Crippen molar-refractivity contribution in [3.05, 3.63) is 116 Å². The second kappa shape index (κ2) is 12.1. The number of nitrogens with one attached hydrogen (secondary N) is 3. The molecular formula is C38H31F9N6O2. The van der Waals surface area contributed by atoms with Crippen molar-refractivity contribution in [2.24, 2.45) is 10.8 Å². The van der Waals surface area contributed by atoms with Gasteiger partial charge in [-0.3, -0.25) is 19.4 Å². The molecule has 288 valence electrons. The van der Waals surface area contributed by atoms with Gasteiger partial charge in [0.2, 0.25) is 0 Å². The van der Waals surface area contributed by atoms with Crippen LogP contribution >= 0.6 is 0 Å².